The summed E-state index contributed by atoms with van der Waals surface area (Å²) in [5.74, 6) is 0.637. The van der Waals surface area contributed by atoms with Crippen LogP contribution in [0.2, 0.25) is 5.02 Å². The molecular weight excluding hydrogens is 348 g/mol. The van der Waals surface area contributed by atoms with Gasteiger partial charge in [0, 0.05) is 36.9 Å². The van der Waals surface area contributed by atoms with Crippen molar-refractivity contribution in [2.75, 3.05) is 31.1 Å². The van der Waals surface area contributed by atoms with Crippen molar-refractivity contribution in [2.24, 2.45) is 0 Å². The number of ether oxygens (including phenoxy) is 1. The molecule has 0 N–H and O–H groups in total. The van der Waals surface area contributed by atoms with E-state index in [1.807, 2.05) is 17.0 Å². The molecule has 0 radical (unpaired) electrons. The van der Waals surface area contributed by atoms with Crippen molar-refractivity contribution in [1.29, 1.82) is 0 Å². The molecule has 1 aliphatic rings. The van der Waals surface area contributed by atoms with Crippen LogP contribution in [0.25, 0.3) is 0 Å². The molecule has 1 amide bonds. The van der Waals surface area contributed by atoms with Gasteiger partial charge in [0.1, 0.15) is 5.75 Å². The predicted octanol–water partition coefficient (Wildman–Crippen LogP) is 4.07. The topological polar surface area (TPSA) is 32.8 Å². The molecule has 0 spiro atoms. The zero-order valence-electron chi connectivity index (χ0n) is 15.5. The van der Waals surface area contributed by atoms with Crippen molar-refractivity contribution in [2.45, 2.75) is 26.9 Å². The first-order valence-corrected chi connectivity index (χ1v) is 9.35. The fourth-order valence-electron chi connectivity index (χ4n) is 3.30. The van der Waals surface area contributed by atoms with Gasteiger partial charge in [0.25, 0.3) is 5.91 Å². The van der Waals surface area contributed by atoms with Crippen LogP contribution in [0.4, 0.5) is 5.69 Å². The Morgan fingerprint density at radius 1 is 1.08 bits per heavy atom. The van der Waals surface area contributed by atoms with E-state index in [1.165, 1.54) is 16.8 Å². The summed E-state index contributed by atoms with van der Waals surface area (Å²) in [4.78, 5) is 16.9. The third-order valence-electron chi connectivity index (χ3n) is 4.96. The number of hydrogen-bond acceptors (Lipinski definition) is 3. The molecule has 0 bridgehead atoms. The number of piperazine rings is 1. The lowest BCUT2D eigenvalue weighted by molar-refractivity contribution is -0.138. The Labute approximate surface area is 160 Å². The fraction of sp³-hybridized carbons (Fsp3) is 0.381. The molecule has 1 atom stereocenters. The van der Waals surface area contributed by atoms with E-state index in [9.17, 15) is 4.79 Å². The molecule has 4 nitrogen and oxygen atoms in total. The van der Waals surface area contributed by atoms with Crippen LogP contribution in [-0.4, -0.2) is 43.1 Å². The van der Waals surface area contributed by atoms with Crippen LogP contribution in [0.3, 0.4) is 0 Å². The van der Waals surface area contributed by atoms with Crippen molar-refractivity contribution in [3.8, 4) is 5.75 Å². The number of carbonyl (C=O) groups excluding carboxylic acids is 1. The van der Waals surface area contributed by atoms with Crippen molar-refractivity contribution in [3.63, 3.8) is 0 Å². The maximum atomic E-state index is 12.7. The highest BCUT2D eigenvalue weighted by Gasteiger charge is 2.26. The number of amides is 1. The van der Waals surface area contributed by atoms with Gasteiger partial charge in [0.2, 0.25) is 0 Å². The molecule has 138 valence electrons. The number of hydrogen-bond donors (Lipinski definition) is 0. The van der Waals surface area contributed by atoms with Gasteiger partial charge >= 0.3 is 0 Å². The van der Waals surface area contributed by atoms with E-state index >= 15 is 0 Å². The number of anilines is 1. The minimum Gasteiger partial charge on any atom is -0.481 e. The number of carbonyl (C=O) groups is 1. The summed E-state index contributed by atoms with van der Waals surface area (Å²) >= 11 is 5.97. The largest absolute Gasteiger partial charge is 0.481 e. The smallest absolute Gasteiger partial charge is 0.263 e. The van der Waals surface area contributed by atoms with Gasteiger partial charge in [0.15, 0.2) is 6.10 Å². The third-order valence-corrected chi connectivity index (χ3v) is 5.20. The Morgan fingerprint density at radius 3 is 2.46 bits per heavy atom. The lowest BCUT2D eigenvalue weighted by Gasteiger charge is -2.38. The monoisotopic (exact) mass is 372 g/mol. The van der Waals surface area contributed by atoms with Gasteiger partial charge < -0.3 is 14.5 Å². The summed E-state index contributed by atoms with van der Waals surface area (Å²) in [5.41, 5.74) is 3.87. The summed E-state index contributed by atoms with van der Waals surface area (Å²) in [5, 5.41) is 0.601. The molecule has 0 aliphatic carbocycles. The Kier molecular flexibility index (Phi) is 5.72. The standard InChI is InChI=1S/C21H25ClN2O2/c1-15-6-4-9-20(16(15)2)23-10-12-24(13-11-23)21(25)17(3)26-19-8-5-7-18(22)14-19/h4-9,14,17H,10-13H2,1-3H3/t17-/m0/s1. The Bertz CT molecular complexity index is 785. The van der Waals surface area contributed by atoms with Crippen LogP contribution in [-0.2, 0) is 4.79 Å². The third kappa shape index (κ3) is 4.13. The number of aryl methyl sites for hydroxylation is 1. The van der Waals surface area contributed by atoms with Crippen LogP contribution >= 0.6 is 11.6 Å². The summed E-state index contributed by atoms with van der Waals surface area (Å²) in [7, 11) is 0. The molecule has 0 aromatic heterocycles. The first-order chi connectivity index (χ1) is 12.5. The summed E-state index contributed by atoms with van der Waals surface area (Å²) in [6.07, 6.45) is -0.527. The second-order valence-electron chi connectivity index (χ2n) is 6.75. The van der Waals surface area contributed by atoms with E-state index in [2.05, 4.69) is 36.9 Å². The van der Waals surface area contributed by atoms with Crippen LogP contribution < -0.4 is 9.64 Å². The van der Waals surface area contributed by atoms with Crippen LogP contribution in [0.5, 0.6) is 5.75 Å². The van der Waals surface area contributed by atoms with E-state index in [0.29, 0.717) is 23.9 Å². The Morgan fingerprint density at radius 2 is 1.77 bits per heavy atom. The number of benzene rings is 2. The average Bonchev–Trinajstić information content (AvgIpc) is 2.63. The maximum absolute atomic E-state index is 12.7. The SMILES string of the molecule is Cc1cccc(N2CCN(C(=O)[C@H](C)Oc3cccc(Cl)c3)CC2)c1C. The summed E-state index contributed by atoms with van der Waals surface area (Å²) in [6, 6.07) is 13.5. The summed E-state index contributed by atoms with van der Waals surface area (Å²) in [6.45, 7) is 9.15. The zero-order valence-corrected chi connectivity index (χ0v) is 16.3. The van der Waals surface area contributed by atoms with E-state index in [1.54, 1.807) is 19.1 Å². The second-order valence-corrected chi connectivity index (χ2v) is 7.19. The van der Waals surface area contributed by atoms with Gasteiger partial charge in [0.05, 0.1) is 0 Å². The van der Waals surface area contributed by atoms with Gasteiger partial charge in [-0.05, 0) is 56.2 Å². The van der Waals surface area contributed by atoms with E-state index < -0.39 is 6.10 Å². The molecule has 1 fully saturated rings. The van der Waals surface area contributed by atoms with E-state index in [-0.39, 0.29) is 5.91 Å². The molecule has 3 rings (SSSR count). The molecule has 26 heavy (non-hydrogen) atoms. The zero-order chi connectivity index (χ0) is 18.7. The molecule has 2 aromatic carbocycles. The minimum absolute atomic E-state index is 0.0191. The van der Waals surface area contributed by atoms with Crippen molar-refractivity contribution >= 4 is 23.2 Å². The van der Waals surface area contributed by atoms with Gasteiger partial charge in [-0.25, -0.2) is 0 Å². The normalized spacial score (nSPS) is 15.7. The molecular formula is C21H25ClN2O2. The number of nitrogens with zero attached hydrogens (tertiary/aromatic N) is 2. The van der Waals surface area contributed by atoms with Crippen LogP contribution in [0.15, 0.2) is 42.5 Å². The Balaban J connectivity index is 1.58. The number of halogens is 1. The van der Waals surface area contributed by atoms with Gasteiger partial charge in [-0.1, -0.05) is 29.8 Å². The molecule has 1 saturated heterocycles. The van der Waals surface area contributed by atoms with Crippen LogP contribution in [0, 0.1) is 13.8 Å². The Hall–Kier alpha value is -2.20. The van der Waals surface area contributed by atoms with Crippen LogP contribution in [0.1, 0.15) is 18.1 Å². The first-order valence-electron chi connectivity index (χ1n) is 8.98. The van der Waals surface area contributed by atoms with E-state index in [4.69, 9.17) is 16.3 Å². The number of rotatable bonds is 4. The second kappa shape index (κ2) is 8.00. The van der Waals surface area contributed by atoms with Crippen molar-refractivity contribution < 1.29 is 9.53 Å². The predicted molar refractivity (Wildman–Crippen MR) is 106 cm³/mol. The van der Waals surface area contributed by atoms with Gasteiger partial charge in [-0.3, -0.25) is 4.79 Å². The minimum atomic E-state index is -0.527. The van der Waals surface area contributed by atoms with Crippen molar-refractivity contribution in [1.82, 2.24) is 4.90 Å². The molecule has 1 heterocycles. The first kappa shape index (κ1) is 18.6. The molecule has 5 heteroatoms. The van der Waals surface area contributed by atoms with Gasteiger partial charge in [-0.15, -0.1) is 0 Å². The highest BCUT2D eigenvalue weighted by atomic mass is 35.5. The average molecular weight is 373 g/mol. The quantitative estimate of drug-likeness (QED) is 0.810. The molecule has 1 aliphatic heterocycles. The highest BCUT2D eigenvalue weighted by Crippen LogP contribution is 2.24. The molecule has 0 unspecified atom stereocenters. The van der Waals surface area contributed by atoms with Crippen molar-refractivity contribution in [3.05, 3.63) is 58.6 Å². The molecule has 2 aromatic rings. The maximum Gasteiger partial charge on any atom is 0.263 e. The lowest BCUT2D eigenvalue weighted by Crippen LogP contribution is -2.52. The lowest BCUT2D eigenvalue weighted by atomic mass is 10.1. The summed E-state index contributed by atoms with van der Waals surface area (Å²) < 4.78 is 5.77. The van der Waals surface area contributed by atoms with E-state index in [0.717, 1.165) is 13.1 Å². The van der Waals surface area contributed by atoms with Gasteiger partial charge in [-0.2, -0.15) is 0 Å². The highest BCUT2D eigenvalue weighted by molar-refractivity contribution is 6.30. The molecule has 0 saturated carbocycles. The fourth-order valence-corrected chi connectivity index (χ4v) is 3.48.